The molecule has 0 radical (unpaired) electrons. The number of rotatable bonds is 3. The van der Waals surface area contributed by atoms with Crippen molar-refractivity contribution >= 4 is 28.6 Å². The van der Waals surface area contributed by atoms with Crippen LogP contribution >= 0.6 is 11.6 Å². The number of hydrogen-bond acceptors (Lipinski definition) is 2. The lowest BCUT2D eigenvalue weighted by Gasteiger charge is -2.06. The van der Waals surface area contributed by atoms with Crippen LogP contribution in [0.25, 0.3) is 22.4 Å². The average molecular weight is 287 g/mol. The molecule has 0 saturated carbocycles. The highest BCUT2D eigenvalue weighted by molar-refractivity contribution is 6.30. The summed E-state index contributed by atoms with van der Waals surface area (Å²) in [4.78, 5) is 15.6. The lowest BCUT2D eigenvalue weighted by Crippen LogP contribution is -2.09. The van der Waals surface area contributed by atoms with E-state index in [2.05, 4.69) is 4.98 Å². The fourth-order valence-corrected chi connectivity index (χ4v) is 2.32. The molecular weight excluding hydrogens is 276 g/mol. The van der Waals surface area contributed by atoms with Gasteiger partial charge in [-0.25, -0.2) is 4.98 Å². The zero-order valence-electron chi connectivity index (χ0n) is 10.5. The van der Waals surface area contributed by atoms with E-state index in [0.29, 0.717) is 10.8 Å². The Balaban J connectivity index is 2.23. The maximum Gasteiger partial charge on any atom is 0.323 e. The second-order valence-electron chi connectivity index (χ2n) is 4.41. The third-order valence-electron chi connectivity index (χ3n) is 3.05. The summed E-state index contributed by atoms with van der Waals surface area (Å²) in [5.41, 5.74) is 2.42. The summed E-state index contributed by atoms with van der Waals surface area (Å²) in [5.74, 6) is -0.270. The van der Waals surface area contributed by atoms with Gasteiger partial charge in [-0.1, -0.05) is 23.7 Å². The van der Waals surface area contributed by atoms with Crippen molar-refractivity contribution in [2.24, 2.45) is 0 Å². The Hall–Kier alpha value is -2.33. The number of carbonyl (C=O) groups is 1. The summed E-state index contributed by atoms with van der Waals surface area (Å²) >= 11 is 5.88. The van der Waals surface area contributed by atoms with E-state index in [1.54, 1.807) is 16.7 Å². The number of fused-ring (bicyclic) bond motifs is 1. The van der Waals surface area contributed by atoms with Crippen molar-refractivity contribution in [3.05, 3.63) is 53.6 Å². The van der Waals surface area contributed by atoms with Crippen LogP contribution in [-0.2, 0) is 11.3 Å². The van der Waals surface area contributed by atoms with Crippen LogP contribution in [0.1, 0.15) is 0 Å². The number of halogens is 1. The van der Waals surface area contributed by atoms with Gasteiger partial charge in [-0.05, 0) is 36.4 Å². The van der Waals surface area contributed by atoms with Crippen LogP contribution in [0.15, 0.2) is 48.5 Å². The molecule has 0 aliphatic carbocycles. The van der Waals surface area contributed by atoms with Crippen LogP contribution in [0, 0.1) is 0 Å². The van der Waals surface area contributed by atoms with Gasteiger partial charge in [0.2, 0.25) is 0 Å². The van der Waals surface area contributed by atoms with Gasteiger partial charge < -0.3 is 9.67 Å². The summed E-state index contributed by atoms with van der Waals surface area (Å²) in [7, 11) is 0. The molecule has 3 aromatic rings. The van der Waals surface area contributed by atoms with Crippen molar-refractivity contribution in [3.63, 3.8) is 0 Å². The molecule has 0 aliphatic heterocycles. The van der Waals surface area contributed by atoms with Gasteiger partial charge in [0.15, 0.2) is 0 Å². The molecule has 20 heavy (non-hydrogen) atoms. The summed E-state index contributed by atoms with van der Waals surface area (Å²) in [6.45, 7) is -0.127. The first kappa shape index (κ1) is 12.7. The van der Waals surface area contributed by atoms with Crippen LogP contribution in [0.5, 0.6) is 0 Å². The van der Waals surface area contributed by atoms with E-state index in [-0.39, 0.29) is 6.54 Å². The topological polar surface area (TPSA) is 55.1 Å². The zero-order chi connectivity index (χ0) is 14.1. The highest BCUT2D eigenvalue weighted by atomic mass is 35.5. The molecule has 1 heterocycles. The van der Waals surface area contributed by atoms with Crippen molar-refractivity contribution in [1.82, 2.24) is 9.55 Å². The van der Waals surface area contributed by atoms with Crippen LogP contribution in [0.3, 0.4) is 0 Å². The minimum Gasteiger partial charge on any atom is -0.480 e. The molecule has 1 aromatic heterocycles. The van der Waals surface area contributed by atoms with Crippen molar-refractivity contribution in [1.29, 1.82) is 0 Å². The van der Waals surface area contributed by atoms with Gasteiger partial charge in [-0.2, -0.15) is 0 Å². The molecule has 1 N–H and O–H groups in total. The van der Waals surface area contributed by atoms with Crippen LogP contribution < -0.4 is 0 Å². The molecule has 0 amide bonds. The van der Waals surface area contributed by atoms with Crippen molar-refractivity contribution < 1.29 is 9.90 Å². The largest absolute Gasteiger partial charge is 0.480 e. The quantitative estimate of drug-likeness (QED) is 0.802. The van der Waals surface area contributed by atoms with Gasteiger partial charge in [0.1, 0.15) is 12.4 Å². The predicted molar refractivity (Wildman–Crippen MR) is 77.8 cm³/mol. The van der Waals surface area contributed by atoms with Gasteiger partial charge in [-0.15, -0.1) is 0 Å². The third-order valence-corrected chi connectivity index (χ3v) is 3.30. The molecule has 0 spiro atoms. The van der Waals surface area contributed by atoms with Gasteiger partial charge in [0.25, 0.3) is 0 Å². The van der Waals surface area contributed by atoms with Crippen molar-refractivity contribution in [2.45, 2.75) is 6.54 Å². The number of aliphatic carboxylic acids is 1. The Labute approximate surface area is 120 Å². The number of hydrogen-bond donors (Lipinski definition) is 1. The number of benzene rings is 2. The van der Waals surface area contributed by atoms with E-state index < -0.39 is 5.97 Å². The summed E-state index contributed by atoms with van der Waals surface area (Å²) < 4.78 is 1.70. The number of nitrogens with zero attached hydrogens (tertiary/aromatic N) is 2. The smallest absolute Gasteiger partial charge is 0.323 e. The highest BCUT2D eigenvalue weighted by Crippen LogP contribution is 2.25. The minimum atomic E-state index is -0.900. The van der Waals surface area contributed by atoms with Gasteiger partial charge in [-0.3, -0.25) is 4.79 Å². The number of carboxylic acids is 1. The fourth-order valence-electron chi connectivity index (χ4n) is 2.19. The van der Waals surface area contributed by atoms with E-state index >= 15 is 0 Å². The predicted octanol–water partition coefficient (Wildman–Crippen LogP) is 3.44. The first-order valence-electron chi connectivity index (χ1n) is 6.08. The minimum absolute atomic E-state index is 0.127. The molecule has 5 heteroatoms. The molecule has 100 valence electrons. The van der Waals surface area contributed by atoms with Crippen molar-refractivity contribution in [3.8, 4) is 11.4 Å². The van der Waals surface area contributed by atoms with Gasteiger partial charge >= 0.3 is 5.97 Å². The normalized spacial score (nSPS) is 10.8. The molecule has 0 bridgehead atoms. The molecule has 0 fully saturated rings. The van der Waals surface area contributed by atoms with E-state index in [1.807, 2.05) is 36.4 Å². The summed E-state index contributed by atoms with van der Waals surface area (Å²) in [5, 5.41) is 9.72. The highest BCUT2D eigenvalue weighted by Gasteiger charge is 2.14. The average Bonchev–Trinajstić information content (AvgIpc) is 2.78. The zero-order valence-corrected chi connectivity index (χ0v) is 11.2. The Morgan fingerprint density at radius 3 is 2.55 bits per heavy atom. The molecule has 3 rings (SSSR count). The number of para-hydroxylation sites is 2. The summed E-state index contributed by atoms with van der Waals surface area (Å²) in [6.07, 6.45) is 0. The Bertz CT molecular complexity index is 778. The Morgan fingerprint density at radius 2 is 1.85 bits per heavy atom. The molecule has 2 aromatic carbocycles. The SMILES string of the molecule is O=C(O)Cn1c(-c2ccc(Cl)cc2)nc2ccccc21. The Kier molecular flexibility index (Phi) is 3.16. The van der Waals surface area contributed by atoms with E-state index in [0.717, 1.165) is 16.6 Å². The maximum atomic E-state index is 11.1. The fraction of sp³-hybridized carbons (Fsp3) is 0.0667. The standard InChI is InChI=1S/C15H11ClN2O2/c16-11-7-5-10(6-8-11)15-17-12-3-1-2-4-13(12)18(15)9-14(19)20/h1-8H,9H2,(H,19,20). The second-order valence-corrected chi connectivity index (χ2v) is 4.85. The molecule has 0 atom stereocenters. The monoisotopic (exact) mass is 286 g/mol. The molecule has 0 aliphatic rings. The summed E-state index contributed by atoms with van der Waals surface area (Å²) in [6, 6.07) is 14.7. The van der Waals surface area contributed by atoms with Gasteiger partial charge in [0, 0.05) is 10.6 Å². The van der Waals surface area contributed by atoms with Crippen LogP contribution in [0.2, 0.25) is 5.02 Å². The first-order valence-corrected chi connectivity index (χ1v) is 6.46. The molecule has 0 saturated heterocycles. The van der Waals surface area contributed by atoms with E-state index in [4.69, 9.17) is 16.7 Å². The number of imidazole rings is 1. The Morgan fingerprint density at radius 1 is 1.15 bits per heavy atom. The van der Waals surface area contributed by atoms with Crippen LogP contribution in [0.4, 0.5) is 0 Å². The second kappa shape index (κ2) is 4.98. The van der Waals surface area contributed by atoms with Crippen LogP contribution in [-0.4, -0.2) is 20.6 Å². The lowest BCUT2D eigenvalue weighted by molar-refractivity contribution is -0.137. The van der Waals surface area contributed by atoms with E-state index in [1.165, 1.54) is 0 Å². The lowest BCUT2D eigenvalue weighted by atomic mass is 10.2. The van der Waals surface area contributed by atoms with Gasteiger partial charge in [0.05, 0.1) is 11.0 Å². The maximum absolute atomic E-state index is 11.1. The number of carboxylic acid groups (broad SMARTS) is 1. The molecule has 0 unspecified atom stereocenters. The molecular formula is C15H11ClN2O2. The van der Waals surface area contributed by atoms with E-state index in [9.17, 15) is 4.79 Å². The third kappa shape index (κ3) is 2.26. The van der Waals surface area contributed by atoms with Crippen molar-refractivity contribution in [2.75, 3.05) is 0 Å². The molecule has 4 nitrogen and oxygen atoms in total. The first-order chi connectivity index (χ1) is 9.65. The number of aromatic nitrogens is 2.